The Bertz CT molecular complexity index is 703. The van der Waals surface area contributed by atoms with Gasteiger partial charge in [0.1, 0.15) is 12.4 Å². The van der Waals surface area contributed by atoms with Crippen molar-refractivity contribution in [2.24, 2.45) is 0 Å². The molecule has 0 amide bonds. The molecule has 118 valence electrons. The quantitative estimate of drug-likeness (QED) is 0.660. The number of anilines is 2. The molecule has 7 heteroatoms. The molecule has 2 N–H and O–H groups in total. The van der Waals surface area contributed by atoms with Gasteiger partial charge in [0.25, 0.3) is 0 Å². The van der Waals surface area contributed by atoms with Crippen molar-refractivity contribution in [1.29, 1.82) is 0 Å². The fraction of sp³-hybridized carbons (Fsp3) is 0.333. The summed E-state index contributed by atoms with van der Waals surface area (Å²) in [4.78, 5) is 17.5. The van der Waals surface area contributed by atoms with Crippen molar-refractivity contribution >= 4 is 28.2 Å². The molecule has 1 aromatic heterocycles. The lowest BCUT2D eigenvalue weighted by atomic mass is 10.1. The lowest BCUT2D eigenvalue weighted by Gasteiger charge is -2.21. The zero-order valence-corrected chi connectivity index (χ0v) is 13.0. The van der Waals surface area contributed by atoms with Crippen LogP contribution in [-0.4, -0.2) is 45.9 Å². The van der Waals surface area contributed by atoms with E-state index in [0.29, 0.717) is 28.4 Å². The van der Waals surface area contributed by atoms with Gasteiger partial charge in [-0.2, -0.15) is 0 Å². The number of carbonyl (C=O) groups excluding carboxylic acids is 1. The molecule has 0 radical (unpaired) electrons. The molecule has 0 aliphatic rings. The van der Waals surface area contributed by atoms with Crippen molar-refractivity contribution in [3.05, 3.63) is 18.3 Å². The minimum absolute atomic E-state index is 0.0584. The summed E-state index contributed by atoms with van der Waals surface area (Å²) < 4.78 is 15.5. The summed E-state index contributed by atoms with van der Waals surface area (Å²) in [5, 5.41) is 1.47. The van der Waals surface area contributed by atoms with E-state index in [0.717, 1.165) is 5.39 Å². The van der Waals surface area contributed by atoms with Crippen LogP contribution in [0.2, 0.25) is 0 Å². The van der Waals surface area contributed by atoms with E-state index in [1.165, 1.54) is 14.2 Å². The first-order valence-corrected chi connectivity index (χ1v) is 6.60. The Balaban J connectivity index is 2.69. The molecule has 0 unspecified atom stereocenters. The highest BCUT2D eigenvalue weighted by atomic mass is 16.5. The number of benzene rings is 1. The van der Waals surface area contributed by atoms with Crippen LogP contribution < -0.4 is 20.1 Å². The number of likely N-dealkylation sites (N-methyl/N-ethyl adjacent to an activating group) is 1. The van der Waals surface area contributed by atoms with Crippen LogP contribution in [0.25, 0.3) is 10.8 Å². The molecule has 2 aromatic rings. The first-order valence-electron chi connectivity index (χ1n) is 6.60. The van der Waals surface area contributed by atoms with E-state index in [9.17, 15) is 4.79 Å². The van der Waals surface area contributed by atoms with Crippen molar-refractivity contribution in [2.45, 2.75) is 0 Å². The molecule has 2 rings (SSSR count). The topological polar surface area (TPSA) is 86.9 Å². The second kappa shape index (κ2) is 6.38. The minimum atomic E-state index is -0.365. The zero-order chi connectivity index (χ0) is 16.3. The van der Waals surface area contributed by atoms with Gasteiger partial charge in [0.05, 0.1) is 26.7 Å². The van der Waals surface area contributed by atoms with Crippen LogP contribution in [0, 0.1) is 0 Å². The monoisotopic (exact) mass is 305 g/mol. The number of aromatic nitrogens is 1. The predicted molar refractivity (Wildman–Crippen MR) is 84.5 cm³/mol. The number of methoxy groups -OCH3 is 3. The highest BCUT2D eigenvalue weighted by Gasteiger charge is 2.19. The summed E-state index contributed by atoms with van der Waals surface area (Å²) in [6.07, 6.45) is 1.63. The lowest BCUT2D eigenvalue weighted by molar-refractivity contribution is -0.138. The Morgan fingerprint density at radius 3 is 2.64 bits per heavy atom. The van der Waals surface area contributed by atoms with Gasteiger partial charge in [-0.05, 0) is 6.07 Å². The fourth-order valence-corrected chi connectivity index (χ4v) is 2.30. The maximum Gasteiger partial charge on any atom is 0.325 e. The predicted octanol–water partition coefficient (Wildman–Crippen LogP) is 1.44. The molecule has 1 heterocycles. The molecule has 0 atom stereocenters. The van der Waals surface area contributed by atoms with E-state index in [1.54, 1.807) is 37.4 Å². The molecule has 0 spiro atoms. The Hall–Kier alpha value is -2.70. The van der Waals surface area contributed by atoms with Gasteiger partial charge in [0.15, 0.2) is 11.5 Å². The Morgan fingerprint density at radius 1 is 1.32 bits per heavy atom. The first kappa shape index (κ1) is 15.7. The molecule has 0 bridgehead atoms. The van der Waals surface area contributed by atoms with Crippen LogP contribution in [0.5, 0.6) is 11.5 Å². The second-order valence-corrected chi connectivity index (χ2v) is 4.69. The fourth-order valence-electron chi connectivity index (χ4n) is 2.30. The number of nitrogens with two attached hydrogens (primary N) is 1. The number of hydrogen-bond donors (Lipinski definition) is 1. The number of nitrogen functional groups attached to an aromatic ring is 1. The molecular formula is C15H19N3O4. The van der Waals surface area contributed by atoms with Gasteiger partial charge in [-0.3, -0.25) is 4.79 Å². The lowest BCUT2D eigenvalue weighted by Crippen LogP contribution is -2.27. The average Bonchev–Trinajstić information content (AvgIpc) is 2.53. The van der Waals surface area contributed by atoms with Crippen LogP contribution in [0.4, 0.5) is 11.5 Å². The SMILES string of the molecule is COC(=O)CN(C)c1nccc2c(N)cc(OC)c(OC)c12. The molecule has 22 heavy (non-hydrogen) atoms. The largest absolute Gasteiger partial charge is 0.493 e. The molecule has 0 aliphatic heterocycles. The van der Waals surface area contributed by atoms with Crippen molar-refractivity contribution < 1.29 is 19.0 Å². The smallest absolute Gasteiger partial charge is 0.325 e. The number of ether oxygens (including phenoxy) is 3. The van der Waals surface area contributed by atoms with E-state index in [4.69, 9.17) is 19.9 Å². The Morgan fingerprint density at radius 2 is 2.05 bits per heavy atom. The summed E-state index contributed by atoms with van der Waals surface area (Å²) >= 11 is 0. The maximum atomic E-state index is 11.5. The molecule has 0 fully saturated rings. The third kappa shape index (κ3) is 2.69. The van der Waals surface area contributed by atoms with Crippen molar-refractivity contribution in [1.82, 2.24) is 4.98 Å². The van der Waals surface area contributed by atoms with Crippen LogP contribution in [0.1, 0.15) is 0 Å². The normalized spacial score (nSPS) is 10.4. The first-order chi connectivity index (χ1) is 10.5. The number of nitrogens with zero attached hydrogens (tertiary/aromatic N) is 2. The van der Waals surface area contributed by atoms with E-state index in [2.05, 4.69) is 4.98 Å². The Labute approximate surface area is 128 Å². The summed E-state index contributed by atoms with van der Waals surface area (Å²) in [6.45, 7) is 0.0584. The number of hydrogen-bond acceptors (Lipinski definition) is 7. The third-order valence-corrected chi connectivity index (χ3v) is 3.36. The molecule has 0 aliphatic carbocycles. The van der Waals surface area contributed by atoms with E-state index in [-0.39, 0.29) is 12.5 Å². The van der Waals surface area contributed by atoms with Gasteiger partial charge >= 0.3 is 5.97 Å². The van der Waals surface area contributed by atoms with Crippen LogP contribution in [0.3, 0.4) is 0 Å². The van der Waals surface area contributed by atoms with Gasteiger partial charge in [-0.25, -0.2) is 4.98 Å². The average molecular weight is 305 g/mol. The molecule has 0 saturated carbocycles. The number of esters is 1. The van der Waals surface area contributed by atoms with E-state index < -0.39 is 0 Å². The second-order valence-electron chi connectivity index (χ2n) is 4.69. The van der Waals surface area contributed by atoms with Crippen LogP contribution in [0.15, 0.2) is 18.3 Å². The molecule has 7 nitrogen and oxygen atoms in total. The standard InChI is InChI=1S/C15H19N3O4/c1-18(8-12(19)21-3)15-13-9(5-6-17-15)10(16)7-11(20-2)14(13)22-4/h5-7H,8,16H2,1-4H3. The van der Waals surface area contributed by atoms with Crippen molar-refractivity contribution in [3.63, 3.8) is 0 Å². The van der Waals surface area contributed by atoms with Crippen molar-refractivity contribution in [3.8, 4) is 11.5 Å². The summed E-state index contributed by atoms with van der Waals surface area (Å²) in [7, 11) is 6.17. The van der Waals surface area contributed by atoms with Gasteiger partial charge < -0.3 is 24.8 Å². The molecule has 0 saturated heterocycles. The molecule has 1 aromatic carbocycles. The van der Waals surface area contributed by atoms with Gasteiger partial charge in [-0.15, -0.1) is 0 Å². The van der Waals surface area contributed by atoms with E-state index >= 15 is 0 Å². The summed E-state index contributed by atoms with van der Waals surface area (Å²) in [6, 6.07) is 3.49. The Kier molecular flexibility index (Phi) is 4.55. The summed E-state index contributed by atoms with van der Waals surface area (Å²) in [5.74, 6) is 1.22. The van der Waals surface area contributed by atoms with Crippen molar-refractivity contribution in [2.75, 3.05) is 45.6 Å². The third-order valence-electron chi connectivity index (χ3n) is 3.36. The maximum absolute atomic E-state index is 11.5. The minimum Gasteiger partial charge on any atom is -0.493 e. The summed E-state index contributed by atoms with van der Waals surface area (Å²) in [5.41, 5.74) is 6.62. The highest BCUT2D eigenvalue weighted by Crippen LogP contribution is 2.42. The van der Waals surface area contributed by atoms with Gasteiger partial charge in [-0.1, -0.05) is 0 Å². The number of fused-ring (bicyclic) bond motifs is 1. The zero-order valence-electron chi connectivity index (χ0n) is 13.0. The van der Waals surface area contributed by atoms with Crippen LogP contribution >= 0.6 is 0 Å². The van der Waals surface area contributed by atoms with Gasteiger partial charge in [0, 0.05) is 30.4 Å². The van der Waals surface area contributed by atoms with E-state index in [1.807, 2.05) is 0 Å². The number of rotatable bonds is 5. The number of pyridine rings is 1. The van der Waals surface area contributed by atoms with Crippen LogP contribution in [-0.2, 0) is 9.53 Å². The molecular weight excluding hydrogens is 286 g/mol. The number of carbonyl (C=O) groups is 1. The highest BCUT2D eigenvalue weighted by molar-refractivity contribution is 6.05. The van der Waals surface area contributed by atoms with Gasteiger partial charge in [0.2, 0.25) is 0 Å².